The normalized spacial score (nSPS) is 12.3. The van der Waals surface area contributed by atoms with Gasteiger partial charge in [-0.3, -0.25) is 0 Å². The van der Waals surface area contributed by atoms with Crippen LogP contribution in [0.3, 0.4) is 0 Å². The Bertz CT molecular complexity index is 712. The van der Waals surface area contributed by atoms with E-state index in [1.807, 2.05) is 54.6 Å². The Kier molecular flexibility index (Phi) is 3.91. The number of benzene rings is 2. The van der Waals surface area contributed by atoms with Crippen molar-refractivity contribution in [3.05, 3.63) is 69.6 Å². The van der Waals surface area contributed by atoms with Gasteiger partial charge in [0.2, 0.25) is 0 Å². The second kappa shape index (κ2) is 5.83. The fourth-order valence-electron chi connectivity index (χ4n) is 1.90. The zero-order chi connectivity index (χ0) is 13.9. The van der Waals surface area contributed by atoms with Crippen LogP contribution in [-0.2, 0) is 0 Å². The SMILES string of the molecule is NC(c1ccccc1)c1nnc(-c2cccc(Br)c2)s1. The van der Waals surface area contributed by atoms with Gasteiger partial charge in [-0.25, -0.2) is 0 Å². The minimum absolute atomic E-state index is 0.227. The largest absolute Gasteiger partial charge is 0.318 e. The van der Waals surface area contributed by atoms with Gasteiger partial charge in [0.1, 0.15) is 10.0 Å². The summed E-state index contributed by atoms with van der Waals surface area (Å²) in [6.45, 7) is 0. The second-order valence-electron chi connectivity index (χ2n) is 4.34. The first kappa shape index (κ1) is 13.4. The molecule has 2 N–H and O–H groups in total. The van der Waals surface area contributed by atoms with Crippen LogP contribution in [0.25, 0.3) is 10.6 Å². The molecule has 0 fully saturated rings. The van der Waals surface area contributed by atoms with E-state index >= 15 is 0 Å². The van der Waals surface area contributed by atoms with Gasteiger partial charge in [-0.05, 0) is 17.7 Å². The molecule has 3 rings (SSSR count). The predicted molar refractivity (Wildman–Crippen MR) is 85.5 cm³/mol. The highest BCUT2D eigenvalue weighted by atomic mass is 79.9. The molecule has 5 heteroatoms. The van der Waals surface area contributed by atoms with Gasteiger partial charge in [0.15, 0.2) is 0 Å². The number of rotatable bonds is 3. The average Bonchev–Trinajstić information content (AvgIpc) is 2.97. The number of nitrogens with two attached hydrogens (primary N) is 1. The zero-order valence-corrected chi connectivity index (χ0v) is 12.9. The number of nitrogens with zero attached hydrogens (tertiary/aromatic N) is 2. The van der Waals surface area contributed by atoms with E-state index in [1.54, 1.807) is 0 Å². The Morgan fingerprint density at radius 3 is 2.55 bits per heavy atom. The molecule has 3 nitrogen and oxygen atoms in total. The zero-order valence-electron chi connectivity index (χ0n) is 10.5. The highest BCUT2D eigenvalue weighted by Gasteiger charge is 2.15. The van der Waals surface area contributed by atoms with E-state index in [-0.39, 0.29) is 6.04 Å². The molecule has 0 radical (unpaired) electrons. The molecule has 0 aliphatic heterocycles. The van der Waals surface area contributed by atoms with Crippen molar-refractivity contribution in [1.82, 2.24) is 10.2 Å². The third-order valence-electron chi connectivity index (χ3n) is 2.94. The molecule has 3 aromatic rings. The van der Waals surface area contributed by atoms with Crippen molar-refractivity contribution >= 4 is 27.3 Å². The highest BCUT2D eigenvalue weighted by Crippen LogP contribution is 2.29. The van der Waals surface area contributed by atoms with E-state index in [1.165, 1.54) is 11.3 Å². The number of halogens is 1. The molecule has 1 heterocycles. The van der Waals surface area contributed by atoms with Crippen LogP contribution < -0.4 is 5.73 Å². The minimum atomic E-state index is -0.227. The van der Waals surface area contributed by atoms with Gasteiger partial charge in [0, 0.05) is 10.0 Å². The summed E-state index contributed by atoms with van der Waals surface area (Å²) in [4.78, 5) is 0. The summed E-state index contributed by atoms with van der Waals surface area (Å²) >= 11 is 4.99. The van der Waals surface area contributed by atoms with Gasteiger partial charge in [0.25, 0.3) is 0 Å². The maximum absolute atomic E-state index is 6.24. The average molecular weight is 346 g/mol. The van der Waals surface area contributed by atoms with Crippen LogP contribution in [0.2, 0.25) is 0 Å². The molecule has 1 aromatic heterocycles. The molecule has 2 aromatic carbocycles. The fourth-order valence-corrected chi connectivity index (χ4v) is 3.17. The standard InChI is InChI=1S/C15H12BrN3S/c16-12-8-4-7-11(9-12)14-18-19-15(20-14)13(17)10-5-2-1-3-6-10/h1-9,13H,17H2. The van der Waals surface area contributed by atoms with Crippen molar-refractivity contribution in [3.8, 4) is 10.6 Å². The van der Waals surface area contributed by atoms with E-state index in [9.17, 15) is 0 Å². The van der Waals surface area contributed by atoms with Crippen LogP contribution in [0.1, 0.15) is 16.6 Å². The lowest BCUT2D eigenvalue weighted by Crippen LogP contribution is -2.11. The molecule has 0 saturated carbocycles. The van der Waals surface area contributed by atoms with Crippen molar-refractivity contribution in [2.45, 2.75) is 6.04 Å². The van der Waals surface area contributed by atoms with Crippen molar-refractivity contribution in [2.24, 2.45) is 5.73 Å². The molecule has 0 bridgehead atoms. The molecule has 0 amide bonds. The maximum atomic E-state index is 6.24. The monoisotopic (exact) mass is 345 g/mol. The number of hydrogen-bond donors (Lipinski definition) is 1. The quantitative estimate of drug-likeness (QED) is 0.779. The minimum Gasteiger partial charge on any atom is -0.318 e. The molecular formula is C15H12BrN3S. The molecular weight excluding hydrogens is 334 g/mol. The molecule has 0 aliphatic rings. The van der Waals surface area contributed by atoms with Gasteiger partial charge in [-0.15, -0.1) is 10.2 Å². The van der Waals surface area contributed by atoms with E-state index in [4.69, 9.17) is 5.73 Å². The molecule has 0 aliphatic carbocycles. The van der Waals surface area contributed by atoms with Crippen LogP contribution in [0.5, 0.6) is 0 Å². The topological polar surface area (TPSA) is 51.8 Å². The lowest BCUT2D eigenvalue weighted by atomic mass is 10.1. The Labute approximate surface area is 129 Å². The molecule has 100 valence electrons. The number of hydrogen-bond acceptors (Lipinski definition) is 4. The van der Waals surface area contributed by atoms with E-state index < -0.39 is 0 Å². The first-order valence-electron chi connectivity index (χ1n) is 6.14. The summed E-state index contributed by atoms with van der Waals surface area (Å²) in [5, 5.41) is 10.2. The lowest BCUT2D eigenvalue weighted by molar-refractivity contribution is 0.831. The molecule has 1 atom stereocenters. The summed E-state index contributed by atoms with van der Waals surface area (Å²) in [5.41, 5.74) is 8.33. The van der Waals surface area contributed by atoms with Crippen LogP contribution in [0, 0.1) is 0 Å². The third kappa shape index (κ3) is 2.80. The Morgan fingerprint density at radius 1 is 1.00 bits per heavy atom. The first-order chi connectivity index (χ1) is 9.74. The summed E-state index contributed by atoms with van der Waals surface area (Å²) in [5.74, 6) is 0. The Morgan fingerprint density at radius 2 is 1.80 bits per heavy atom. The Hall–Kier alpha value is -1.56. The van der Waals surface area contributed by atoms with Gasteiger partial charge in [-0.2, -0.15) is 0 Å². The molecule has 1 unspecified atom stereocenters. The summed E-state index contributed by atoms with van der Waals surface area (Å²) in [6.07, 6.45) is 0. The van der Waals surface area contributed by atoms with Gasteiger partial charge in [0.05, 0.1) is 6.04 Å². The van der Waals surface area contributed by atoms with E-state index in [0.29, 0.717) is 0 Å². The predicted octanol–water partition coefficient (Wildman–Crippen LogP) is 4.02. The molecule has 20 heavy (non-hydrogen) atoms. The van der Waals surface area contributed by atoms with Crippen LogP contribution in [0.4, 0.5) is 0 Å². The molecule has 0 saturated heterocycles. The van der Waals surface area contributed by atoms with Crippen LogP contribution in [0.15, 0.2) is 59.1 Å². The smallest absolute Gasteiger partial charge is 0.147 e. The van der Waals surface area contributed by atoms with Crippen LogP contribution >= 0.6 is 27.3 Å². The molecule has 0 spiro atoms. The van der Waals surface area contributed by atoms with Crippen molar-refractivity contribution in [2.75, 3.05) is 0 Å². The van der Waals surface area contributed by atoms with Gasteiger partial charge < -0.3 is 5.73 Å². The summed E-state index contributed by atoms with van der Waals surface area (Å²) < 4.78 is 1.03. The van der Waals surface area contributed by atoms with Crippen molar-refractivity contribution in [3.63, 3.8) is 0 Å². The summed E-state index contributed by atoms with van der Waals surface area (Å²) in [6, 6.07) is 17.7. The third-order valence-corrected chi connectivity index (χ3v) is 4.49. The number of aromatic nitrogens is 2. The van der Waals surface area contributed by atoms with Crippen molar-refractivity contribution in [1.29, 1.82) is 0 Å². The van der Waals surface area contributed by atoms with Gasteiger partial charge in [-0.1, -0.05) is 69.7 Å². The maximum Gasteiger partial charge on any atom is 0.147 e. The van der Waals surface area contributed by atoms with Crippen molar-refractivity contribution < 1.29 is 0 Å². The fraction of sp³-hybridized carbons (Fsp3) is 0.0667. The first-order valence-corrected chi connectivity index (χ1v) is 7.75. The lowest BCUT2D eigenvalue weighted by Gasteiger charge is -2.06. The van der Waals surface area contributed by atoms with Gasteiger partial charge >= 0.3 is 0 Å². The van der Waals surface area contributed by atoms with Crippen LogP contribution in [-0.4, -0.2) is 10.2 Å². The van der Waals surface area contributed by atoms with E-state index in [0.717, 1.165) is 25.6 Å². The second-order valence-corrected chi connectivity index (χ2v) is 6.27. The summed E-state index contributed by atoms with van der Waals surface area (Å²) in [7, 11) is 0. The Balaban J connectivity index is 1.91. The highest BCUT2D eigenvalue weighted by molar-refractivity contribution is 9.10. The van der Waals surface area contributed by atoms with E-state index in [2.05, 4.69) is 26.1 Å².